The van der Waals surface area contributed by atoms with Gasteiger partial charge in [0.15, 0.2) is 0 Å². The van der Waals surface area contributed by atoms with Gasteiger partial charge in [-0.25, -0.2) is 0 Å². The molecule has 0 spiro atoms. The second-order valence-corrected chi connectivity index (χ2v) is 4.78. The SMILES string of the molecule is CNCCCN(C)C(=O)c1cc(S)cs1. The predicted octanol–water partition coefficient (Wildman–Crippen LogP) is 1.72. The van der Waals surface area contributed by atoms with Crippen LogP contribution >= 0.6 is 24.0 Å². The Kier molecular flexibility index (Phi) is 5.14. The van der Waals surface area contributed by atoms with E-state index in [1.54, 1.807) is 4.90 Å². The van der Waals surface area contributed by atoms with Gasteiger partial charge in [0.25, 0.3) is 5.91 Å². The molecule has 0 unspecified atom stereocenters. The molecule has 0 saturated heterocycles. The van der Waals surface area contributed by atoms with E-state index in [2.05, 4.69) is 17.9 Å². The van der Waals surface area contributed by atoms with Crippen LogP contribution in [0.3, 0.4) is 0 Å². The number of thiophene rings is 1. The van der Waals surface area contributed by atoms with E-state index >= 15 is 0 Å². The van der Waals surface area contributed by atoms with Crippen LogP contribution in [0, 0.1) is 0 Å². The van der Waals surface area contributed by atoms with Crippen LogP contribution in [0.2, 0.25) is 0 Å². The van der Waals surface area contributed by atoms with Crippen molar-refractivity contribution < 1.29 is 4.79 Å². The minimum absolute atomic E-state index is 0.0800. The molecule has 1 amide bonds. The summed E-state index contributed by atoms with van der Waals surface area (Å²) in [5.41, 5.74) is 0. The molecule has 1 aromatic heterocycles. The Morgan fingerprint density at radius 2 is 2.40 bits per heavy atom. The lowest BCUT2D eigenvalue weighted by Gasteiger charge is -2.15. The number of amides is 1. The molecule has 0 radical (unpaired) electrons. The lowest BCUT2D eigenvalue weighted by atomic mass is 10.3. The Morgan fingerprint density at radius 3 is 2.93 bits per heavy atom. The molecule has 1 N–H and O–H groups in total. The number of carbonyl (C=O) groups is 1. The number of rotatable bonds is 5. The fourth-order valence-electron chi connectivity index (χ4n) is 1.22. The molecular formula is C10H16N2OS2. The number of hydrogen-bond acceptors (Lipinski definition) is 4. The molecule has 0 aliphatic rings. The number of nitrogens with zero attached hydrogens (tertiary/aromatic N) is 1. The third kappa shape index (κ3) is 3.85. The number of carbonyl (C=O) groups excluding carboxylic acids is 1. The maximum absolute atomic E-state index is 11.8. The lowest BCUT2D eigenvalue weighted by Crippen LogP contribution is -2.28. The van der Waals surface area contributed by atoms with Gasteiger partial charge >= 0.3 is 0 Å². The molecule has 3 nitrogen and oxygen atoms in total. The van der Waals surface area contributed by atoms with Gasteiger partial charge in [-0.1, -0.05) is 0 Å². The standard InChI is InChI=1S/C10H16N2OS2/c1-11-4-3-5-12(2)10(13)9-6-8(14)7-15-9/h6-7,11,14H,3-5H2,1-2H3. The number of nitrogens with one attached hydrogen (secondary N) is 1. The number of thiol groups is 1. The molecule has 0 bridgehead atoms. The summed E-state index contributed by atoms with van der Waals surface area (Å²) in [6.45, 7) is 1.71. The van der Waals surface area contributed by atoms with E-state index in [1.165, 1.54) is 11.3 Å². The summed E-state index contributed by atoms with van der Waals surface area (Å²) in [6.07, 6.45) is 0.970. The third-order valence-electron chi connectivity index (χ3n) is 2.06. The largest absolute Gasteiger partial charge is 0.341 e. The molecule has 5 heteroatoms. The molecule has 0 aromatic carbocycles. The average molecular weight is 244 g/mol. The van der Waals surface area contributed by atoms with Gasteiger partial charge in [0.2, 0.25) is 0 Å². The highest BCUT2D eigenvalue weighted by Crippen LogP contribution is 2.18. The Hall–Kier alpha value is -0.520. The zero-order valence-corrected chi connectivity index (χ0v) is 10.7. The first-order valence-corrected chi connectivity index (χ1v) is 6.15. The second-order valence-electron chi connectivity index (χ2n) is 3.35. The van der Waals surface area contributed by atoms with Crippen LogP contribution in [0.25, 0.3) is 0 Å². The van der Waals surface area contributed by atoms with Crippen LogP contribution < -0.4 is 5.32 Å². The van der Waals surface area contributed by atoms with Gasteiger partial charge < -0.3 is 10.2 Å². The smallest absolute Gasteiger partial charge is 0.263 e. The van der Waals surface area contributed by atoms with Crippen LogP contribution in [0.5, 0.6) is 0 Å². The van der Waals surface area contributed by atoms with Gasteiger partial charge in [-0.2, -0.15) is 0 Å². The summed E-state index contributed by atoms with van der Waals surface area (Å²) >= 11 is 5.63. The van der Waals surface area contributed by atoms with Crippen molar-refractivity contribution in [2.75, 3.05) is 27.2 Å². The first-order valence-electron chi connectivity index (χ1n) is 4.82. The average Bonchev–Trinajstić information content (AvgIpc) is 2.64. The van der Waals surface area contributed by atoms with E-state index < -0.39 is 0 Å². The van der Waals surface area contributed by atoms with Crippen molar-refractivity contribution in [3.63, 3.8) is 0 Å². The van der Waals surface area contributed by atoms with E-state index in [0.717, 1.165) is 29.3 Å². The van der Waals surface area contributed by atoms with Gasteiger partial charge in [-0.15, -0.1) is 24.0 Å². The van der Waals surface area contributed by atoms with Crippen molar-refractivity contribution in [2.24, 2.45) is 0 Å². The quantitative estimate of drug-likeness (QED) is 0.610. The van der Waals surface area contributed by atoms with E-state index in [4.69, 9.17) is 0 Å². The first kappa shape index (κ1) is 12.5. The van der Waals surface area contributed by atoms with Gasteiger partial charge in [-0.3, -0.25) is 4.79 Å². The molecule has 1 aromatic rings. The van der Waals surface area contributed by atoms with Crippen LogP contribution in [0.1, 0.15) is 16.1 Å². The molecule has 1 heterocycles. The van der Waals surface area contributed by atoms with E-state index in [9.17, 15) is 4.79 Å². The molecule has 1 rings (SSSR count). The predicted molar refractivity (Wildman–Crippen MR) is 67.1 cm³/mol. The molecule has 0 aliphatic carbocycles. The lowest BCUT2D eigenvalue weighted by molar-refractivity contribution is 0.0798. The fourth-order valence-corrected chi connectivity index (χ4v) is 2.36. The summed E-state index contributed by atoms with van der Waals surface area (Å²) in [7, 11) is 3.74. The zero-order chi connectivity index (χ0) is 11.3. The van der Waals surface area contributed by atoms with E-state index in [0.29, 0.717) is 0 Å². The molecule has 0 saturated carbocycles. The van der Waals surface area contributed by atoms with Gasteiger partial charge in [0, 0.05) is 23.9 Å². The highest BCUT2D eigenvalue weighted by atomic mass is 32.1. The molecule has 15 heavy (non-hydrogen) atoms. The maximum atomic E-state index is 11.8. The fraction of sp³-hybridized carbons (Fsp3) is 0.500. The Balaban J connectivity index is 2.46. The molecular weight excluding hydrogens is 228 g/mol. The van der Waals surface area contributed by atoms with Crippen LogP contribution in [0.4, 0.5) is 0 Å². The summed E-state index contributed by atoms with van der Waals surface area (Å²) in [5, 5.41) is 4.93. The van der Waals surface area contributed by atoms with Gasteiger partial charge in [-0.05, 0) is 26.1 Å². The summed E-state index contributed by atoms with van der Waals surface area (Å²) < 4.78 is 0. The number of hydrogen-bond donors (Lipinski definition) is 2. The Morgan fingerprint density at radius 1 is 1.67 bits per heavy atom. The van der Waals surface area contributed by atoms with Crippen molar-refractivity contribution in [3.8, 4) is 0 Å². The highest BCUT2D eigenvalue weighted by molar-refractivity contribution is 7.80. The van der Waals surface area contributed by atoms with Crippen molar-refractivity contribution in [1.82, 2.24) is 10.2 Å². The molecule has 84 valence electrons. The van der Waals surface area contributed by atoms with E-state index in [1.807, 2.05) is 25.5 Å². The highest BCUT2D eigenvalue weighted by Gasteiger charge is 2.12. The van der Waals surface area contributed by atoms with Crippen LogP contribution in [-0.4, -0.2) is 38.0 Å². The van der Waals surface area contributed by atoms with E-state index in [-0.39, 0.29) is 5.91 Å². The van der Waals surface area contributed by atoms with Gasteiger partial charge in [0.05, 0.1) is 4.88 Å². The van der Waals surface area contributed by atoms with Crippen molar-refractivity contribution >= 4 is 29.9 Å². The molecule has 0 fully saturated rings. The summed E-state index contributed by atoms with van der Waals surface area (Å²) in [5.74, 6) is 0.0800. The molecule has 0 aliphatic heterocycles. The minimum atomic E-state index is 0.0800. The van der Waals surface area contributed by atoms with Crippen LogP contribution in [-0.2, 0) is 0 Å². The zero-order valence-electron chi connectivity index (χ0n) is 8.99. The second kappa shape index (κ2) is 6.15. The van der Waals surface area contributed by atoms with Crippen molar-refractivity contribution in [2.45, 2.75) is 11.3 Å². The van der Waals surface area contributed by atoms with Crippen LogP contribution in [0.15, 0.2) is 16.3 Å². The Labute approximate surface area is 99.9 Å². The van der Waals surface area contributed by atoms with Crippen molar-refractivity contribution in [3.05, 3.63) is 16.3 Å². The Bertz CT molecular complexity index is 325. The molecule has 0 atom stereocenters. The normalized spacial score (nSPS) is 10.3. The summed E-state index contributed by atoms with van der Waals surface area (Å²) in [4.78, 5) is 15.2. The monoisotopic (exact) mass is 244 g/mol. The third-order valence-corrected chi connectivity index (χ3v) is 3.41. The van der Waals surface area contributed by atoms with Crippen molar-refractivity contribution in [1.29, 1.82) is 0 Å². The maximum Gasteiger partial charge on any atom is 0.263 e. The first-order chi connectivity index (χ1) is 7.15. The topological polar surface area (TPSA) is 32.3 Å². The summed E-state index contributed by atoms with van der Waals surface area (Å²) in [6, 6.07) is 1.81. The minimum Gasteiger partial charge on any atom is -0.341 e. The van der Waals surface area contributed by atoms with Gasteiger partial charge in [0.1, 0.15) is 0 Å².